The van der Waals surface area contributed by atoms with Crippen molar-refractivity contribution in [1.29, 1.82) is 0 Å². The lowest BCUT2D eigenvalue weighted by molar-refractivity contribution is 0.292. The average Bonchev–Trinajstić information content (AvgIpc) is 2.58. The predicted octanol–water partition coefficient (Wildman–Crippen LogP) is 4.38. The van der Waals surface area contributed by atoms with E-state index in [9.17, 15) is 4.39 Å². The highest BCUT2D eigenvalue weighted by molar-refractivity contribution is 14.0. The van der Waals surface area contributed by atoms with Crippen LogP contribution in [0.4, 0.5) is 4.39 Å². The summed E-state index contributed by atoms with van der Waals surface area (Å²) < 4.78 is 14.6. The number of rotatable bonds is 9. The largest absolute Gasteiger partial charge is 0.354 e. The summed E-state index contributed by atoms with van der Waals surface area (Å²) >= 11 is 3.37. The minimum atomic E-state index is -0.214. The van der Waals surface area contributed by atoms with Crippen LogP contribution in [0.25, 0.3) is 0 Å². The van der Waals surface area contributed by atoms with Crippen molar-refractivity contribution in [3.63, 3.8) is 0 Å². The van der Waals surface area contributed by atoms with Crippen LogP contribution in [-0.4, -0.2) is 43.6 Å². The SMILES string of the molecule is CCN(CC)CCCC(C)NC(=NC)NCc1cc(Br)ccc1F.I. The summed E-state index contributed by atoms with van der Waals surface area (Å²) in [5.74, 6) is 0.484. The van der Waals surface area contributed by atoms with Crippen LogP contribution in [-0.2, 0) is 6.54 Å². The lowest BCUT2D eigenvalue weighted by Crippen LogP contribution is -2.42. The number of aliphatic imine (C=N–C) groups is 1. The molecule has 0 amide bonds. The normalized spacial score (nSPS) is 12.7. The van der Waals surface area contributed by atoms with Gasteiger partial charge in [-0.2, -0.15) is 0 Å². The van der Waals surface area contributed by atoms with Gasteiger partial charge in [-0.05, 0) is 57.6 Å². The standard InChI is InChI=1S/C18H30BrFN4.HI/c1-5-24(6-2)11-7-8-14(3)23-18(21-4)22-13-15-12-16(19)9-10-17(15)20;/h9-10,12,14H,5-8,11,13H2,1-4H3,(H2,21,22,23);1H. The smallest absolute Gasteiger partial charge is 0.191 e. The Morgan fingerprint density at radius 3 is 2.60 bits per heavy atom. The number of benzene rings is 1. The lowest BCUT2D eigenvalue weighted by atomic mass is 10.2. The summed E-state index contributed by atoms with van der Waals surface area (Å²) in [5.41, 5.74) is 0.613. The fourth-order valence-electron chi connectivity index (χ4n) is 2.52. The Labute approximate surface area is 177 Å². The summed E-state index contributed by atoms with van der Waals surface area (Å²) in [4.78, 5) is 6.65. The third kappa shape index (κ3) is 9.75. The first-order valence-electron chi connectivity index (χ1n) is 8.63. The van der Waals surface area contributed by atoms with Crippen LogP contribution in [0.5, 0.6) is 0 Å². The molecule has 0 saturated heterocycles. The molecule has 1 aromatic carbocycles. The minimum Gasteiger partial charge on any atom is -0.354 e. The molecule has 2 N–H and O–H groups in total. The number of hydrogen-bond acceptors (Lipinski definition) is 2. The van der Waals surface area contributed by atoms with Crippen LogP contribution in [0, 0.1) is 5.82 Å². The van der Waals surface area contributed by atoms with Crippen LogP contribution >= 0.6 is 39.9 Å². The highest BCUT2D eigenvalue weighted by atomic mass is 127. The summed E-state index contributed by atoms with van der Waals surface area (Å²) in [7, 11) is 1.73. The van der Waals surface area contributed by atoms with E-state index in [1.165, 1.54) is 6.07 Å². The van der Waals surface area contributed by atoms with Gasteiger partial charge in [0.25, 0.3) is 0 Å². The zero-order chi connectivity index (χ0) is 17.9. The van der Waals surface area contributed by atoms with E-state index in [4.69, 9.17) is 0 Å². The molecule has 4 nitrogen and oxygen atoms in total. The summed E-state index contributed by atoms with van der Waals surface area (Å²) in [5, 5.41) is 6.54. The van der Waals surface area contributed by atoms with Crippen molar-refractivity contribution in [2.45, 2.75) is 46.2 Å². The van der Waals surface area contributed by atoms with E-state index in [0.717, 1.165) is 36.9 Å². The van der Waals surface area contributed by atoms with E-state index in [-0.39, 0.29) is 29.8 Å². The van der Waals surface area contributed by atoms with Crippen molar-refractivity contribution in [2.24, 2.45) is 4.99 Å². The van der Waals surface area contributed by atoms with E-state index >= 15 is 0 Å². The minimum absolute atomic E-state index is 0. The molecule has 0 aliphatic heterocycles. The molecule has 7 heteroatoms. The maximum absolute atomic E-state index is 13.8. The third-order valence-electron chi connectivity index (χ3n) is 4.07. The van der Waals surface area contributed by atoms with Crippen LogP contribution in [0.1, 0.15) is 39.2 Å². The Morgan fingerprint density at radius 1 is 1.32 bits per heavy atom. The van der Waals surface area contributed by atoms with Crippen molar-refractivity contribution >= 4 is 45.9 Å². The first-order chi connectivity index (χ1) is 11.5. The van der Waals surface area contributed by atoms with E-state index in [1.807, 2.05) is 0 Å². The predicted molar refractivity (Wildman–Crippen MR) is 119 cm³/mol. The molecule has 0 fully saturated rings. The molecule has 0 radical (unpaired) electrons. The Kier molecular flexibility index (Phi) is 13.5. The van der Waals surface area contributed by atoms with Gasteiger partial charge in [0.05, 0.1) is 0 Å². The molecule has 144 valence electrons. The summed E-state index contributed by atoms with van der Waals surface area (Å²) in [6.45, 7) is 10.2. The van der Waals surface area contributed by atoms with Gasteiger partial charge in [-0.3, -0.25) is 4.99 Å². The van der Waals surface area contributed by atoms with E-state index in [1.54, 1.807) is 19.2 Å². The second kappa shape index (κ2) is 13.7. The number of halogens is 3. The van der Waals surface area contributed by atoms with Gasteiger partial charge in [0.15, 0.2) is 5.96 Å². The molecule has 0 spiro atoms. The topological polar surface area (TPSA) is 39.7 Å². The van der Waals surface area contributed by atoms with Crippen molar-refractivity contribution < 1.29 is 4.39 Å². The van der Waals surface area contributed by atoms with Crippen molar-refractivity contribution in [3.05, 3.63) is 34.1 Å². The zero-order valence-electron chi connectivity index (χ0n) is 15.6. The quantitative estimate of drug-likeness (QED) is 0.284. The van der Waals surface area contributed by atoms with Crippen LogP contribution in [0.3, 0.4) is 0 Å². The van der Waals surface area contributed by atoms with Gasteiger partial charge in [-0.25, -0.2) is 4.39 Å². The highest BCUT2D eigenvalue weighted by Gasteiger charge is 2.08. The molecular formula is C18H31BrFIN4. The fraction of sp³-hybridized carbons (Fsp3) is 0.611. The Bertz CT molecular complexity index is 524. The van der Waals surface area contributed by atoms with E-state index in [2.05, 4.69) is 57.2 Å². The molecule has 0 bridgehead atoms. The van der Waals surface area contributed by atoms with Crippen LogP contribution in [0.2, 0.25) is 0 Å². The van der Waals surface area contributed by atoms with Gasteiger partial charge in [0.2, 0.25) is 0 Å². The van der Waals surface area contributed by atoms with Crippen LogP contribution in [0.15, 0.2) is 27.7 Å². The Morgan fingerprint density at radius 2 is 2.00 bits per heavy atom. The lowest BCUT2D eigenvalue weighted by Gasteiger charge is -2.21. The Hall–Kier alpha value is -0.410. The first kappa shape index (κ1) is 24.6. The summed E-state index contributed by atoms with van der Waals surface area (Å²) in [6, 6.07) is 5.26. The maximum Gasteiger partial charge on any atom is 0.191 e. The number of guanidine groups is 1. The molecule has 1 atom stereocenters. The first-order valence-corrected chi connectivity index (χ1v) is 9.42. The van der Waals surface area contributed by atoms with Crippen molar-refractivity contribution in [1.82, 2.24) is 15.5 Å². The van der Waals surface area contributed by atoms with Crippen molar-refractivity contribution in [3.8, 4) is 0 Å². The van der Waals surface area contributed by atoms with Gasteiger partial charge in [0.1, 0.15) is 5.82 Å². The molecule has 0 aromatic heterocycles. The van der Waals surface area contributed by atoms with Crippen LogP contribution < -0.4 is 10.6 Å². The van der Waals surface area contributed by atoms with Gasteiger partial charge in [0, 0.05) is 29.7 Å². The molecule has 25 heavy (non-hydrogen) atoms. The van der Waals surface area contributed by atoms with Gasteiger partial charge in [-0.15, -0.1) is 24.0 Å². The molecule has 0 aliphatic carbocycles. The van der Waals surface area contributed by atoms with E-state index < -0.39 is 0 Å². The second-order valence-electron chi connectivity index (χ2n) is 5.88. The molecular weight excluding hydrogens is 498 g/mol. The van der Waals surface area contributed by atoms with E-state index in [0.29, 0.717) is 24.1 Å². The summed E-state index contributed by atoms with van der Waals surface area (Å²) in [6.07, 6.45) is 2.22. The number of hydrogen-bond donors (Lipinski definition) is 2. The molecule has 1 aromatic rings. The monoisotopic (exact) mass is 528 g/mol. The Balaban J connectivity index is 0.00000576. The fourth-order valence-corrected chi connectivity index (χ4v) is 2.93. The van der Waals surface area contributed by atoms with Gasteiger partial charge >= 0.3 is 0 Å². The number of nitrogens with one attached hydrogen (secondary N) is 2. The van der Waals surface area contributed by atoms with Gasteiger partial charge in [-0.1, -0.05) is 29.8 Å². The highest BCUT2D eigenvalue weighted by Crippen LogP contribution is 2.15. The molecule has 0 aliphatic rings. The van der Waals surface area contributed by atoms with Crippen molar-refractivity contribution in [2.75, 3.05) is 26.7 Å². The molecule has 1 rings (SSSR count). The zero-order valence-corrected chi connectivity index (χ0v) is 19.5. The molecule has 0 saturated carbocycles. The third-order valence-corrected chi connectivity index (χ3v) is 4.56. The second-order valence-corrected chi connectivity index (χ2v) is 6.79. The average molecular weight is 529 g/mol. The molecule has 1 unspecified atom stereocenters. The maximum atomic E-state index is 13.8. The molecule has 0 heterocycles. The van der Waals surface area contributed by atoms with Gasteiger partial charge < -0.3 is 15.5 Å². The number of nitrogens with zero attached hydrogens (tertiary/aromatic N) is 2.